The van der Waals surface area contributed by atoms with Crippen molar-refractivity contribution >= 4 is 51.5 Å². The number of benzene rings is 1. The van der Waals surface area contributed by atoms with Crippen molar-refractivity contribution in [1.82, 2.24) is 10.6 Å². The Hall–Kier alpha value is -2.33. The van der Waals surface area contributed by atoms with Gasteiger partial charge in [-0.05, 0) is 23.5 Å². The molecule has 10 heteroatoms. The summed E-state index contributed by atoms with van der Waals surface area (Å²) < 4.78 is 0. The Morgan fingerprint density at radius 2 is 1.30 bits per heavy atom. The van der Waals surface area contributed by atoms with Crippen LogP contribution in [0.1, 0.15) is 51.7 Å². The van der Waals surface area contributed by atoms with E-state index >= 15 is 0 Å². The Labute approximate surface area is 203 Å². The van der Waals surface area contributed by atoms with Crippen molar-refractivity contribution in [1.29, 1.82) is 0 Å². The van der Waals surface area contributed by atoms with E-state index in [1.165, 1.54) is 19.4 Å². The van der Waals surface area contributed by atoms with Gasteiger partial charge in [-0.3, -0.25) is 24.0 Å². The number of thioether (sulfide) groups is 2. The molecule has 1 aromatic rings. The van der Waals surface area contributed by atoms with Crippen LogP contribution in [0.5, 0.6) is 0 Å². The van der Waals surface area contributed by atoms with Gasteiger partial charge in [0.25, 0.3) is 0 Å². The molecule has 0 radical (unpaired) electrons. The van der Waals surface area contributed by atoms with Crippen LogP contribution in [0.2, 0.25) is 0 Å². The molecule has 0 saturated carbocycles. The van der Waals surface area contributed by atoms with Crippen LogP contribution in [0.15, 0.2) is 24.3 Å². The summed E-state index contributed by atoms with van der Waals surface area (Å²) in [5.41, 5.74) is 7.35. The number of hydrogen-bond acceptors (Lipinski definition) is 7. The molecular formula is C23H33N3O5S2. The Bertz CT molecular complexity index is 858. The van der Waals surface area contributed by atoms with Gasteiger partial charge in [-0.25, -0.2) is 0 Å². The molecule has 33 heavy (non-hydrogen) atoms. The smallest absolute Gasteiger partial charge is 0.240 e. The second kappa shape index (κ2) is 14.0. The van der Waals surface area contributed by atoms with Gasteiger partial charge in [0, 0.05) is 25.4 Å². The number of rotatable bonds is 12. The first kappa shape index (κ1) is 28.7. The first-order valence-corrected chi connectivity index (χ1v) is 12.6. The number of carbonyl (C=O) groups excluding carboxylic acids is 5. The van der Waals surface area contributed by atoms with Crippen LogP contribution in [0, 0.1) is 5.92 Å². The van der Waals surface area contributed by atoms with E-state index < -0.39 is 34.9 Å². The lowest BCUT2D eigenvalue weighted by Gasteiger charge is -2.19. The van der Waals surface area contributed by atoms with E-state index in [0.717, 1.165) is 35.5 Å². The number of amides is 3. The molecule has 3 atom stereocenters. The van der Waals surface area contributed by atoms with Gasteiger partial charge in [-0.2, -0.15) is 0 Å². The molecule has 2 unspecified atom stereocenters. The van der Waals surface area contributed by atoms with Crippen LogP contribution in [0.25, 0.3) is 0 Å². The average Bonchev–Trinajstić information content (AvgIpc) is 2.72. The topological polar surface area (TPSA) is 135 Å². The summed E-state index contributed by atoms with van der Waals surface area (Å²) >= 11 is 1.75. The number of carbonyl (C=O) groups is 5. The zero-order chi connectivity index (χ0) is 25.1. The number of nitrogens with two attached hydrogens (primary N) is 1. The predicted octanol–water partition coefficient (Wildman–Crippen LogP) is 2.00. The van der Waals surface area contributed by atoms with Gasteiger partial charge in [-0.15, -0.1) is 0 Å². The number of primary amides is 1. The third kappa shape index (κ3) is 10.9. The summed E-state index contributed by atoms with van der Waals surface area (Å²) in [6.07, 6.45) is 0.966. The minimum Gasteiger partial charge on any atom is -0.368 e. The highest BCUT2D eigenvalue weighted by molar-refractivity contribution is 8.15. The fourth-order valence-electron chi connectivity index (χ4n) is 2.96. The van der Waals surface area contributed by atoms with E-state index in [1.807, 2.05) is 31.2 Å². The first-order chi connectivity index (χ1) is 15.4. The highest BCUT2D eigenvalue weighted by Crippen LogP contribution is 2.24. The third-order valence-corrected chi connectivity index (χ3v) is 6.85. The van der Waals surface area contributed by atoms with Crippen LogP contribution in [0.3, 0.4) is 0 Å². The van der Waals surface area contributed by atoms with Crippen LogP contribution < -0.4 is 16.4 Å². The summed E-state index contributed by atoms with van der Waals surface area (Å²) in [7, 11) is 0. The van der Waals surface area contributed by atoms with Crippen LogP contribution in [0.4, 0.5) is 0 Å². The van der Waals surface area contributed by atoms with E-state index in [-0.39, 0.29) is 22.5 Å². The lowest BCUT2D eigenvalue weighted by Crippen LogP contribution is -2.46. The highest BCUT2D eigenvalue weighted by Gasteiger charge is 2.26. The van der Waals surface area contributed by atoms with Crippen molar-refractivity contribution in [3.05, 3.63) is 35.4 Å². The zero-order valence-electron chi connectivity index (χ0n) is 19.7. The molecule has 0 heterocycles. The second-order valence-electron chi connectivity index (χ2n) is 8.23. The van der Waals surface area contributed by atoms with Crippen molar-refractivity contribution in [2.24, 2.45) is 11.7 Å². The Morgan fingerprint density at radius 1 is 0.818 bits per heavy atom. The summed E-state index contributed by atoms with van der Waals surface area (Å²) in [5, 5.41) is 4.38. The van der Waals surface area contributed by atoms with Gasteiger partial charge in [0.05, 0.1) is 5.92 Å². The highest BCUT2D eigenvalue weighted by atomic mass is 32.2. The monoisotopic (exact) mass is 495 g/mol. The fourth-order valence-corrected chi connectivity index (χ4v) is 4.94. The summed E-state index contributed by atoms with van der Waals surface area (Å²) in [4.78, 5) is 59.6. The average molecular weight is 496 g/mol. The Balaban J connectivity index is 2.73. The van der Waals surface area contributed by atoms with Gasteiger partial charge in [0.1, 0.15) is 12.1 Å². The van der Waals surface area contributed by atoms with E-state index in [0.29, 0.717) is 5.92 Å². The molecular weight excluding hydrogens is 462 g/mol. The van der Waals surface area contributed by atoms with E-state index in [4.69, 9.17) is 5.73 Å². The Kier molecular flexibility index (Phi) is 12.2. The zero-order valence-corrected chi connectivity index (χ0v) is 21.3. The third-order valence-electron chi connectivity index (χ3n) is 4.64. The molecule has 0 aliphatic rings. The lowest BCUT2D eigenvalue weighted by molar-refractivity contribution is -0.125. The predicted molar refractivity (Wildman–Crippen MR) is 133 cm³/mol. The molecule has 1 aromatic carbocycles. The normalized spacial score (nSPS) is 13.6. The van der Waals surface area contributed by atoms with Crippen molar-refractivity contribution in [2.75, 3.05) is 11.5 Å². The maximum Gasteiger partial charge on any atom is 0.240 e. The molecule has 0 fully saturated rings. The van der Waals surface area contributed by atoms with Crippen LogP contribution in [-0.4, -0.2) is 51.5 Å². The van der Waals surface area contributed by atoms with Crippen molar-refractivity contribution in [3.8, 4) is 0 Å². The molecule has 0 aliphatic carbocycles. The quantitative estimate of drug-likeness (QED) is 0.403. The Morgan fingerprint density at radius 3 is 1.79 bits per heavy atom. The molecule has 8 nitrogen and oxygen atoms in total. The fraction of sp³-hybridized carbons (Fsp3) is 0.522. The lowest BCUT2D eigenvalue weighted by atomic mass is 9.97. The molecule has 0 spiro atoms. The summed E-state index contributed by atoms with van der Waals surface area (Å²) in [6.45, 7) is 8.62. The van der Waals surface area contributed by atoms with E-state index in [2.05, 4.69) is 24.5 Å². The van der Waals surface area contributed by atoms with E-state index in [1.54, 1.807) is 0 Å². The SMILES string of the molecule is CC(=O)NC(CSC(=O)C(CSC(=O)[C@@H](C)c1ccc(CC(C)C)cc1)NC(C)=O)C(N)=O. The maximum absolute atomic E-state index is 12.7. The standard InChI is InChI=1S/C23H33N3O5S2/c1-13(2)10-17-6-8-18(9-7-17)14(3)22(30)32-12-20(26-16(5)28)23(31)33-11-19(21(24)29)25-15(4)27/h6-9,13-14,19-20H,10-12H2,1-5H3,(H2,24,29)(H,25,27)(H,26,28)/t14-,19?,20?/m0/s1. The largest absolute Gasteiger partial charge is 0.368 e. The van der Waals surface area contributed by atoms with Crippen LogP contribution in [-0.2, 0) is 30.4 Å². The molecule has 3 amide bonds. The molecule has 4 N–H and O–H groups in total. The number of hydrogen-bond donors (Lipinski definition) is 3. The number of nitrogens with one attached hydrogen (secondary N) is 2. The van der Waals surface area contributed by atoms with Gasteiger partial charge in [0.15, 0.2) is 5.12 Å². The first-order valence-electron chi connectivity index (χ1n) is 10.7. The molecule has 0 aromatic heterocycles. The summed E-state index contributed by atoms with van der Waals surface area (Å²) in [5.74, 6) is -1.46. The van der Waals surface area contributed by atoms with Gasteiger partial charge >= 0.3 is 0 Å². The van der Waals surface area contributed by atoms with Gasteiger partial charge < -0.3 is 16.4 Å². The molecule has 0 saturated heterocycles. The minimum atomic E-state index is -1.01. The minimum absolute atomic E-state index is 0.0569. The molecule has 0 bridgehead atoms. The van der Waals surface area contributed by atoms with Gasteiger partial charge in [-0.1, -0.05) is 68.6 Å². The van der Waals surface area contributed by atoms with Crippen molar-refractivity contribution < 1.29 is 24.0 Å². The van der Waals surface area contributed by atoms with E-state index in [9.17, 15) is 24.0 Å². The molecule has 1 rings (SSSR count). The van der Waals surface area contributed by atoms with Gasteiger partial charge in [0.2, 0.25) is 22.8 Å². The maximum atomic E-state index is 12.7. The molecule has 0 aliphatic heterocycles. The van der Waals surface area contributed by atoms with Crippen LogP contribution >= 0.6 is 23.5 Å². The molecule has 182 valence electrons. The van der Waals surface area contributed by atoms with Crippen molar-refractivity contribution in [3.63, 3.8) is 0 Å². The summed E-state index contributed by atoms with van der Waals surface area (Å²) in [6, 6.07) is 6.00. The second-order valence-corrected chi connectivity index (χ2v) is 10.3. The van der Waals surface area contributed by atoms with Crippen molar-refractivity contribution in [2.45, 2.75) is 59.0 Å².